The number of carbonyl (C=O) groups is 1. The van der Waals surface area contributed by atoms with Crippen LogP contribution < -0.4 is 9.46 Å². The van der Waals surface area contributed by atoms with Crippen molar-refractivity contribution in [1.29, 1.82) is 5.26 Å². The van der Waals surface area contributed by atoms with E-state index >= 15 is 0 Å². The van der Waals surface area contributed by atoms with E-state index < -0.39 is 15.3 Å². The van der Waals surface area contributed by atoms with Crippen LogP contribution in [-0.2, 0) is 9.24 Å². The number of carbonyl (C=O) groups excluding carboxylic acids is 1. The Morgan fingerprint density at radius 2 is 2.12 bits per heavy atom. The summed E-state index contributed by atoms with van der Waals surface area (Å²) in [5.74, 6) is -0.169. The molecule has 1 N–H and O–H groups in total. The first-order chi connectivity index (χ1) is 7.83. The van der Waals surface area contributed by atoms with Crippen molar-refractivity contribution in [2.24, 2.45) is 0 Å². The number of nitrogens with zero attached hydrogens (tertiary/aromatic N) is 1. The molecular formula is C8H4Cl2N2O4S. The van der Waals surface area contributed by atoms with Gasteiger partial charge in [-0.1, -0.05) is 17.7 Å². The second-order valence-corrected chi connectivity index (χ2v) is 5.36. The lowest BCUT2D eigenvalue weighted by atomic mass is 10.2. The fraction of sp³-hybridized carbons (Fsp3) is 0. The molecule has 0 unspecified atom stereocenters. The Morgan fingerprint density at radius 1 is 1.47 bits per heavy atom. The van der Waals surface area contributed by atoms with Gasteiger partial charge >= 0.3 is 15.3 Å². The lowest BCUT2D eigenvalue weighted by Crippen LogP contribution is -2.29. The predicted molar refractivity (Wildman–Crippen MR) is 60.1 cm³/mol. The smallest absolute Gasteiger partial charge is 0.408 e. The number of amides is 1. The molecule has 0 aliphatic heterocycles. The van der Waals surface area contributed by atoms with E-state index in [0.29, 0.717) is 0 Å². The Balaban J connectivity index is 2.94. The Labute approximate surface area is 106 Å². The molecule has 90 valence electrons. The monoisotopic (exact) mass is 294 g/mol. The highest BCUT2D eigenvalue weighted by Gasteiger charge is 2.15. The molecule has 1 aromatic rings. The Kier molecular flexibility index (Phi) is 4.17. The number of ether oxygens (including phenoxy) is 1. The molecule has 0 atom stereocenters. The van der Waals surface area contributed by atoms with Gasteiger partial charge in [0.2, 0.25) is 0 Å². The van der Waals surface area contributed by atoms with Gasteiger partial charge in [-0.05, 0) is 12.1 Å². The Bertz CT molecular complexity index is 594. The minimum absolute atomic E-state index is 0.0755. The van der Waals surface area contributed by atoms with E-state index in [1.807, 2.05) is 0 Å². The fourth-order valence-electron chi connectivity index (χ4n) is 0.918. The summed E-state index contributed by atoms with van der Waals surface area (Å²) in [5.41, 5.74) is -0.0868. The van der Waals surface area contributed by atoms with Crippen molar-refractivity contribution in [2.75, 3.05) is 0 Å². The van der Waals surface area contributed by atoms with Gasteiger partial charge in [-0.3, -0.25) is 0 Å². The van der Waals surface area contributed by atoms with Crippen molar-refractivity contribution < 1.29 is 17.9 Å². The van der Waals surface area contributed by atoms with Crippen molar-refractivity contribution in [3.05, 3.63) is 28.8 Å². The molecule has 0 saturated heterocycles. The zero-order valence-electron chi connectivity index (χ0n) is 7.98. The summed E-state index contributed by atoms with van der Waals surface area (Å²) in [5, 5.41) is 8.83. The molecule has 0 saturated carbocycles. The van der Waals surface area contributed by atoms with Crippen molar-refractivity contribution in [1.82, 2.24) is 4.72 Å². The maximum atomic E-state index is 11.1. The number of halogens is 2. The topological polar surface area (TPSA) is 96.3 Å². The number of nitrogens with one attached hydrogen (secondary N) is 1. The van der Waals surface area contributed by atoms with Gasteiger partial charge in [0.15, 0.2) is 5.75 Å². The van der Waals surface area contributed by atoms with Gasteiger partial charge in [0.05, 0.1) is 5.02 Å². The minimum Gasteiger partial charge on any atom is -0.408 e. The van der Waals surface area contributed by atoms with Crippen LogP contribution in [0.3, 0.4) is 0 Å². The highest BCUT2D eigenvalue weighted by molar-refractivity contribution is 8.12. The summed E-state index contributed by atoms with van der Waals surface area (Å²) in [6.07, 6.45) is -1.33. The van der Waals surface area contributed by atoms with Crippen LogP contribution in [0.25, 0.3) is 0 Å². The van der Waals surface area contributed by atoms with Gasteiger partial charge in [0.1, 0.15) is 11.6 Å². The van der Waals surface area contributed by atoms with Crippen LogP contribution in [0.15, 0.2) is 18.2 Å². The molecule has 0 fully saturated rings. The molecule has 9 heteroatoms. The second-order valence-electron chi connectivity index (χ2n) is 2.65. The van der Waals surface area contributed by atoms with Gasteiger partial charge in [0.25, 0.3) is 0 Å². The largest absolute Gasteiger partial charge is 0.427 e. The maximum Gasteiger partial charge on any atom is 0.427 e. The van der Waals surface area contributed by atoms with Gasteiger partial charge in [-0.25, -0.2) is 9.52 Å². The van der Waals surface area contributed by atoms with E-state index in [0.717, 1.165) is 0 Å². The van der Waals surface area contributed by atoms with E-state index in [4.69, 9.17) is 27.5 Å². The molecule has 0 spiro atoms. The average Bonchev–Trinajstić information content (AvgIpc) is 2.14. The highest BCUT2D eigenvalue weighted by Crippen LogP contribution is 2.25. The first kappa shape index (κ1) is 13.6. The van der Waals surface area contributed by atoms with E-state index in [1.54, 1.807) is 6.07 Å². The van der Waals surface area contributed by atoms with Gasteiger partial charge in [0, 0.05) is 10.7 Å². The summed E-state index contributed by atoms with van der Waals surface area (Å²) in [7, 11) is 0.527. The Morgan fingerprint density at radius 3 is 2.65 bits per heavy atom. The molecular weight excluding hydrogens is 291 g/mol. The third-order valence-electron chi connectivity index (χ3n) is 1.50. The lowest BCUT2D eigenvalue weighted by Gasteiger charge is -2.06. The van der Waals surface area contributed by atoms with E-state index in [-0.39, 0.29) is 16.3 Å². The highest BCUT2D eigenvalue weighted by atomic mass is 35.7. The zero-order valence-corrected chi connectivity index (χ0v) is 10.3. The third kappa shape index (κ3) is 4.11. The molecule has 1 rings (SSSR count). The number of hydrogen-bond acceptors (Lipinski definition) is 5. The first-order valence-corrected chi connectivity index (χ1v) is 6.65. The minimum atomic E-state index is -4.24. The lowest BCUT2D eigenvalue weighted by molar-refractivity contribution is 0.207. The van der Waals surface area contributed by atoms with E-state index in [9.17, 15) is 13.2 Å². The molecule has 0 bridgehead atoms. The van der Waals surface area contributed by atoms with Crippen molar-refractivity contribution in [3.8, 4) is 11.8 Å². The summed E-state index contributed by atoms with van der Waals surface area (Å²) in [4.78, 5) is 11.1. The number of nitriles is 1. The standard InChI is InChI=1S/C8H4Cl2N2O4S/c9-6-2-1-3-7(5(6)4-11)16-8(13)12-17(10,14)15/h1-3H,(H,12,13). The number of rotatable bonds is 2. The van der Waals surface area contributed by atoms with Crippen LogP contribution >= 0.6 is 22.3 Å². The summed E-state index contributed by atoms with van der Waals surface area (Å²) in [6, 6.07) is 5.85. The van der Waals surface area contributed by atoms with Crippen molar-refractivity contribution in [3.63, 3.8) is 0 Å². The van der Waals surface area contributed by atoms with Crippen LogP contribution in [0, 0.1) is 11.3 Å². The molecule has 0 aromatic heterocycles. The van der Waals surface area contributed by atoms with Crippen LogP contribution in [0.4, 0.5) is 4.79 Å². The van der Waals surface area contributed by atoms with E-state index in [1.165, 1.54) is 22.9 Å². The van der Waals surface area contributed by atoms with Crippen molar-refractivity contribution in [2.45, 2.75) is 0 Å². The van der Waals surface area contributed by atoms with Gasteiger partial charge in [-0.15, -0.1) is 0 Å². The summed E-state index contributed by atoms with van der Waals surface area (Å²) >= 11 is 5.67. The quantitative estimate of drug-likeness (QED) is 0.839. The zero-order chi connectivity index (χ0) is 13.1. The molecule has 0 heterocycles. The molecule has 1 aromatic carbocycles. The average molecular weight is 295 g/mol. The normalized spacial score (nSPS) is 10.4. The van der Waals surface area contributed by atoms with Crippen molar-refractivity contribution >= 4 is 37.6 Å². The fourth-order valence-corrected chi connectivity index (χ4v) is 1.56. The summed E-state index contributed by atoms with van der Waals surface area (Å²) in [6.45, 7) is 0. The maximum absolute atomic E-state index is 11.1. The van der Waals surface area contributed by atoms with Gasteiger partial charge in [-0.2, -0.15) is 13.7 Å². The molecule has 17 heavy (non-hydrogen) atoms. The second kappa shape index (κ2) is 5.23. The van der Waals surface area contributed by atoms with Crippen LogP contribution in [0.2, 0.25) is 5.02 Å². The van der Waals surface area contributed by atoms with Crippen LogP contribution in [0.1, 0.15) is 5.56 Å². The van der Waals surface area contributed by atoms with E-state index in [2.05, 4.69) is 4.74 Å². The van der Waals surface area contributed by atoms with Gasteiger partial charge < -0.3 is 4.74 Å². The number of hydrogen-bond donors (Lipinski definition) is 1. The predicted octanol–water partition coefficient (Wildman–Crippen LogP) is 1.78. The molecule has 0 radical (unpaired) electrons. The molecule has 0 aliphatic rings. The van der Waals surface area contributed by atoms with Crippen LogP contribution in [-0.4, -0.2) is 14.5 Å². The summed E-state index contributed by atoms with van der Waals surface area (Å²) < 4.78 is 27.0. The molecule has 6 nitrogen and oxygen atoms in total. The molecule has 0 aliphatic carbocycles. The number of benzene rings is 1. The SMILES string of the molecule is N#Cc1c(Cl)cccc1OC(=O)NS(=O)(=O)Cl. The Hall–Kier alpha value is -1.49. The molecule has 1 amide bonds. The van der Waals surface area contributed by atoms with Crippen LogP contribution in [0.5, 0.6) is 5.75 Å². The first-order valence-electron chi connectivity index (χ1n) is 3.96. The third-order valence-corrected chi connectivity index (χ3v) is 2.45.